The molecular weight excluding hydrogens is 182 g/mol. The minimum atomic E-state index is -2.48. The van der Waals surface area contributed by atoms with E-state index in [4.69, 9.17) is 10.2 Å². The summed E-state index contributed by atoms with van der Waals surface area (Å²) in [5.74, 6) is -4.85. The summed E-state index contributed by atoms with van der Waals surface area (Å²) >= 11 is 0. The lowest BCUT2D eigenvalue weighted by molar-refractivity contribution is -0.557. The number of nitro groups is 1. The molecule has 2 N–H and O–H groups in total. The molecule has 0 radical (unpaired) electrons. The van der Waals surface area contributed by atoms with Gasteiger partial charge in [-0.3, -0.25) is 14.9 Å². The van der Waals surface area contributed by atoms with E-state index in [2.05, 4.69) is 0 Å². The van der Waals surface area contributed by atoms with E-state index >= 15 is 0 Å². The highest BCUT2D eigenvalue weighted by Gasteiger charge is 2.54. The smallest absolute Gasteiger partial charge is 0.383 e. The zero-order valence-electron chi connectivity index (χ0n) is 7.05. The van der Waals surface area contributed by atoms with Crippen molar-refractivity contribution in [3.63, 3.8) is 0 Å². The molecule has 13 heavy (non-hydrogen) atoms. The van der Waals surface area contributed by atoms with Gasteiger partial charge in [0, 0.05) is 11.8 Å². The van der Waals surface area contributed by atoms with Crippen molar-refractivity contribution in [2.24, 2.45) is 5.92 Å². The Morgan fingerprint density at radius 3 is 1.92 bits per heavy atom. The minimum absolute atomic E-state index is 0.772. The number of carbonyl (C=O) groups is 2. The molecule has 0 amide bonds. The second-order valence-electron chi connectivity index (χ2n) is 2.77. The molecule has 0 rings (SSSR count). The van der Waals surface area contributed by atoms with E-state index in [9.17, 15) is 19.7 Å². The molecule has 0 aromatic rings. The maximum Gasteiger partial charge on any atom is 0.383 e. The first-order valence-electron chi connectivity index (χ1n) is 3.35. The summed E-state index contributed by atoms with van der Waals surface area (Å²) in [6, 6.07) is 0. The highest BCUT2D eigenvalue weighted by Crippen LogP contribution is 2.21. The van der Waals surface area contributed by atoms with Gasteiger partial charge in [-0.25, -0.2) is 4.79 Å². The Morgan fingerprint density at radius 2 is 1.85 bits per heavy atom. The van der Waals surface area contributed by atoms with Gasteiger partial charge in [-0.05, 0) is 6.92 Å². The average molecular weight is 191 g/mol. The first kappa shape index (κ1) is 11.3. The minimum Gasteiger partial charge on any atom is -0.481 e. The Bertz CT molecular complexity index is 246. The third kappa shape index (κ3) is 1.74. The molecular formula is C6H9NO6. The highest BCUT2D eigenvalue weighted by atomic mass is 16.6. The molecule has 0 bridgehead atoms. The molecule has 2 atom stereocenters. The molecule has 7 heteroatoms. The first-order valence-corrected chi connectivity index (χ1v) is 3.35. The van der Waals surface area contributed by atoms with E-state index < -0.39 is 28.3 Å². The SMILES string of the molecule is CC(C(=O)O)C(C)(C(=O)O)[N+](=O)[O-]. The van der Waals surface area contributed by atoms with Gasteiger partial charge in [0.1, 0.15) is 5.92 Å². The van der Waals surface area contributed by atoms with Gasteiger partial charge in [0.05, 0.1) is 0 Å². The molecule has 0 heterocycles. The molecule has 0 spiro atoms. The van der Waals surface area contributed by atoms with E-state index in [1.165, 1.54) is 0 Å². The van der Waals surface area contributed by atoms with Gasteiger partial charge in [-0.1, -0.05) is 0 Å². The Morgan fingerprint density at radius 1 is 1.46 bits per heavy atom. The van der Waals surface area contributed by atoms with Crippen LogP contribution in [0, 0.1) is 16.0 Å². The van der Waals surface area contributed by atoms with E-state index in [-0.39, 0.29) is 0 Å². The van der Waals surface area contributed by atoms with Crippen LogP contribution in [0.2, 0.25) is 0 Å². The van der Waals surface area contributed by atoms with Crippen molar-refractivity contribution in [1.29, 1.82) is 0 Å². The van der Waals surface area contributed by atoms with Crippen molar-refractivity contribution in [3.8, 4) is 0 Å². The van der Waals surface area contributed by atoms with Crippen molar-refractivity contribution in [3.05, 3.63) is 10.1 Å². The maximum atomic E-state index is 10.5. The van der Waals surface area contributed by atoms with Gasteiger partial charge in [0.2, 0.25) is 0 Å². The van der Waals surface area contributed by atoms with Crippen LogP contribution < -0.4 is 0 Å². The van der Waals surface area contributed by atoms with Gasteiger partial charge in [0.25, 0.3) is 0 Å². The van der Waals surface area contributed by atoms with Gasteiger partial charge in [-0.2, -0.15) is 0 Å². The monoisotopic (exact) mass is 191 g/mol. The summed E-state index contributed by atoms with van der Waals surface area (Å²) in [5, 5.41) is 27.3. The number of nitrogens with zero attached hydrogens (tertiary/aromatic N) is 1. The fourth-order valence-electron chi connectivity index (χ4n) is 0.662. The van der Waals surface area contributed by atoms with Gasteiger partial charge in [0.15, 0.2) is 0 Å². The Kier molecular flexibility index (Phi) is 2.95. The zero-order chi connectivity index (χ0) is 10.8. The summed E-state index contributed by atoms with van der Waals surface area (Å²) < 4.78 is 0. The van der Waals surface area contributed by atoms with Crippen LogP contribution in [0.25, 0.3) is 0 Å². The topological polar surface area (TPSA) is 118 Å². The molecule has 0 fully saturated rings. The summed E-state index contributed by atoms with van der Waals surface area (Å²) in [7, 11) is 0. The van der Waals surface area contributed by atoms with Gasteiger partial charge < -0.3 is 10.2 Å². The van der Waals surface area contributed by atoms with Crippen molar-refractivity contribution in [1.82, 2.24) is 0 Å². The fraction of sp³-hybridized carbons (Fsp3) is 0.667. The summed E-state index contributed by atoms with van der Waals surface area (Å²) in [5.41, 5.74) is -2.48. The van der Waals surface area contributed by atoms with Crippen LogP contribution in [0.3, 0.4) is 0 Å². The Hall–Kier alpha value is -1.66. The second kappa shape index (κ2) is 3.38. The number of aliphatic carboxylic acids is 2. The van der Waals surface area contributed by atoms with Crippen molar-refractivity contribution < 1.29 is 24.7 Å². The van der Waals surface area contributed by atoms with Gasteiger partial charge >= 0.3 is 17.5 Å². The quantitative estimate of drug-likeness (QED) is 0.470. The van der Waals surface area contributed by atoms with Crippen LogP contribution >= 0.6 is 0 Å². The predicted octanol–water partition coefficient (Wildman–Crippen LogP) is -0.173. The molecule has 0 aromatic carbocycles. The summed E-state index contributed by atoms with van der Waals surface area (Å²) in [6.45, 7) is 1.76. The number of rotatable bonds is 4. The van der Waals surface area contributed by atoms with Crippen molar-refractivity contribution >= 4 is 11.9 Å². The van der Waals surface area contributed by atoms with Gasteiger partial charge in [-0.15, -0.1) is 0 Å². The second-order valence-corrected chi connectivity index (χ2v) is 2.77. The predicted molar refractivity (Wildman–Crippen MR) is 39.8 cm³/mol. The Labute approximate surface area is 73.1 Å². The largest absolute Gasteiger partial charge is 0.481 e. The van der Waals surface area contributed by atoms with Crippen LogP contribution in [0.5, 0.6) is 0 Å². The van der Waals surface area contributed by atoms with E-state index in [0.717, 1.165) is 13.8 Å². The number of hydrogen-bond acceptors (Lipinski definition) is 4. The summed E-state index contributed by atoms with van der Waals surface area (Å²) in [6.07, 6.45) is 0. The molecule has 0 saturated heterocycles. The average Bonchev–Trinajstić information content (AvgIpc) is 2.00. The zero-order valence-corrected chi connectivity index (χ0v) is 7.05. The van der Waals surface area contributed by atoms with Crippen LogP contribution in [-0.4, -0.2) is 32.6 Å². The van der Waals surface area contributed by atoms with Crippen molar-refractivity contribution in [2.45, 2.75) is 19.4 Å². The lowest BCUT2D eigenvalue weighted by Gasteiger charge is -2.19. The lowest BCUT2D eigenvalue weighted by Crippen LogP contribution is -2.51. The van der Waals surface area contributed by atoms with E-state index in [0.29, 0.717) is 0 Å². The number of carboxylic acid groups (broad SMARTS) is 2. The maximum absolute atomic E-state index is 10.5. The van der Waals surface area contributed by atoms with Crippen LogP contribution in [0.4, 0.5) is 0 Å². The molecule has 0 aliphatic rings. The standard InChI is InChI=1S/C6H9NO6/c1-3(4(8)9)6(2,5(10)11)7(12)13/h3H,1-2H3,(H,8,9)(H,10,11). The summed E-state index contributed by atoms with van der Waals surface area (Å²) in [4.78, 5) is 30.2. The highest BCUT2D eigenvalue weighted by molar-refractivity contribution is 5.84. The Balaban J connectivity index is 5.13. The normalized spacial score (nSPS) is 17.1. The van der Waals surface area contributed by atoms with Crippen LogP contribution in [0.1, 0.15) is 13.8 Å². The third-order valence-electron chi connectivity index (χ3n) is 2.03. The molecule has 7 nitrogen and oxygen atoms in total. The number of hydrogen-bond donors (Lipinski definition) is 2. The molecule has 0 aliphatic heterocycles. The van der Waals surface area contributed by atoms with E-state index in [1.807, 2.05) is 0 Å². The first-order chi connectivity index (χ1) is 5.74. The van der Waals surface area contributed by atoms with Crippen LogP contribution in [0.15, 0.2) is 0 Å². The molecule has 0 aromatic heterocycles. The molecule has 2 unspecified atom stereocenters. The lowest BCUT2D eigenvalue weighted by atomic mass is 9.88. The molecule has 0 aliphatic carbocycles. The van der Waals surface area contributed by atoms with Crippen molar-refractivity contribution in [2.75, 3.05) is 0 Å². The third-order valence-corrected chi connectivity index (χ3v) is 2.03. The fourth-order valence-corrected chi connectivity index (χ4v) is 0.662. The number of carboxylic acids is 2. The van der Waals surface area contributed by atoms with Crippen LogP contribution in [-0.2, 0) is 9.59 Å². The van der Waals surface area contributed by atoms with E-state index in [1.54, 1.807) is 0 Å². The molecule has 0 saturated carbocycles. The molecule has 74 valence electrons.